The standard InChI is InChI=1S/C13H19N/c1-6-10(2)11-7-8-12(14-9-11)13(3,4)5/h7-9H,2,6H2,1,3-5H3. The lowest BCUT2D eigenvalue weighted by atomic mass is 9.91. The van der Waals surface area contributed by atoms with Crippen LogP contribution in [0.4, 0.5) is 0 Å². The van der Waals surface area contributed by atoms with Gasteiger partial charge in [0.05, 0.1) is 0 Å². The zero-order valence-electron chi connectivity index (χ0n) is 9.59. The van der Waals surface area contributed by atoms with Crippen LogP contribution in [0.3, 0.4) is 0 Å². The minimum absolute atomic E-state index is 0.131. The third kappa shape index (κ3) is 2.44. The van der Waals surface area contributed by atoms with Crippen molar-refractivity contribution in [1.29, 1.82) is 0 Å². The summed E-state index contributed by atoms with van der Waals surface area (Å²) in [4.78, 5) is 4.46. The summed E-state index contributed by atoms with van der Waals surface area (Å²) in [6.45, 7) is 12.6. The Labute approximate surface area is 86.9 Å². The fourth-order valence-electron chi connectivity index (χ4n) is 1.25. The van der Waals surface area contributed by atoms with E-state index in [9.17, 15) is 0 Å². The van der Waals surface area contributed by atoms with Gasteiger partial charge in [0.1, 0.15) is 0 Å². The van der Waals surface area contributed by atoms with E-state index in [1.807, 2.05) is 6.20 Å². The SMILES string of the molecule is C=C(CC)c1ccc(C(C)(C)C)nc1. The van der Waals surface area contributed by atoms with Crippen LogP contribution in [0.15, 0.2) is 24.9 Å². The van der Waals surface area contributed by atoms with E-state index in [1.54, 1.807) is 0 Å². The van der Waals surface area contributed by atoms with E-state index in [-0.39, 0.29) is 5.41 Å². The predicted octanol–water partition coefficient (Wildman–Crippen LogP) is 3.80. The van der Waals surface area contributed by atoms with Gasteiger partial charge in [-0.25, -0.2) is 0 Å². The molecule has 0 bridgehead atoms. The van der Waals surface area contributed by atoms with Crippen LogP contribution in [0.25, 0.3) is 5.57 Å². The topological polar surface area (TPSA) is 12.9 Å². The number of pyridine rings is 1. The Hall–Kier alpha value is -1.11. The van der Waals surface area contributed by atoms with Gasteiger partial charge in [0.2, 0.25) is 0 Å². The van der Waals surface area contributed by atoms with Crippen molar-refractivity contribution < 1.29 is 0 Å². The number of allylic oxidation sites excluding steroid dienone is 1. The van der Waals surface area contributed by atoms with Crippen molar-refractivity contribution in [2.45, 2.75) is 39.5 Å². The largest absolute Gasteiger partial charge is 0.260 e. The molecule has 0 aromatic carbocycles. The summed E-state index contributed by atoms with van der Waals surface area (Å²) in [5.41, 5.74) is 3.56. The lowest BCUT2D eigenvalue weighted by Gasteiger charge is -2.17. The van der Waals surface area contributed by atoms with Gasteiger partial charge >= 0.3 is 0 Å². The molecule has 0 fully saturated rings. The summed E-state index contributed by atoms with van der Waals surface area (Å²) >= 11 is 0. The molecule has 0 amide bonds. The Bertz CT molecular complexity index is 314. The summed E-state index contributed by atoms with van der Waals surface area (Å²) in [6.07, 6.45) is 2.91. The molecule has 1 aromatic heterocycles. The highest BCUT2D eigenvalue weighted by Gasteiger charge is 2.14. The highest BCUT2D eigenvalue weighted by atomic mass is 14.7. The van der Waals surface area contributed by atoms with Gasteiger partial charge in [-0.3, -0.25) is 4.98 Å². The van der Waals surface area contributed by atoms with Gasteiger partial charge in [-0.2, -0.15) is 0 Å². The molecule has 76 valence electrons. The average Bonchev–Trinajstić information content (AvgIpc) is 2.15. The fourth-order valence-corrected chi connectivity index (χ4v) is 1.25. The molecule has 0 aliphatic heterocycles. The normalized spacial score (nSPS) is 11.4. The van der Waals surface area contributed by atoms with Crippen LogP contribution < -0.4 is 0 Å². The van der Waals surface area contributed by atoms with E-state index < -0.39 is 0 Å². The van der Waals surface area contributed by atoms with Crippen molar-refractivity contribution in [1.82, 2.24) is 4.98 Å². The second kappa shape index (κ2) is 3.95. The zero-order valence-corrected chi connectivity index (χ0v) is 9.59. The van der Waals surface area contributed by atoms with Crippen LogP contribution in [0.5, 0.6) is 0 Å². The van der Waals surface area contributed by atoms with E-state index in [1.165, 1.54) is 0 Å². The second-order valence-corrected chi connectivity index (χ2v) is 4.64. The summed E-state index contributed by atoms with van der Waals surface area (Å²) in [5, 5.41) is 0. The molecule has 0 aliphatic carbocycles. The molecule has 0 radical (unpaired) electrons. The minimum atomic E-state index is 0.131. The van der Waals surface area contributed by atoms with Crippen molar-refractivity contribution in [2.75, 3.05) is 0 Å². The van der Waals surface area contributed by atoms with E-state index >= 15 is 0 Å². The molecule has 0 atom stereocenters. The molecule has 1 nitrogen and oxygen atoms in total. The number of hydrogen-bond acceptors (Lipinski definition) is 1. The third-order valence-electron chi connectivity index (χ3n) is 2.37. The summed E-state index contributed by atoms with van der Waals surface area (Å²) < 4.78 is 0. The molecule has 1 heterocycles. The van der Waals surface area contributed by atoms with Crippen molar-refractivity contribution >= 4 is 5.57 Å². The lowest BCUT2D eigenvalue weighted by Crippen LogP contribution is -2.13. The van der Waals surface area contributed by atoms with Gasteiger partial charge in [-0.1, -0.05) is 40.3 Å². The molecule has 0 aliphatic rings. The molecule has 1 rings (SSSR count). The Morgan fingerprint density at radius 3 is 2.36 bits per heavy atom. The van der Waals surface area contributed by atoms with Crippen LogP contribution in [-0.2, 0) is 5.41 Å². The van der Waals surface area contributed by atoms with Gasteiger partial charge < -0.3 is 0 Å². The smallest absolute Gasteiger partial charge is 0.0457 e. The van der Waals surface area contributed by atoms with Crippen LogP contribution in [-0.4, -0.2) is 4.98 Å². The Kier molecular flexibility index (Phi) is 3.10. The quantitative estimate of drug-likeness (QED) is 0.689. The zero-order chi connectivity index (χ0) is 10.8. The van der Waals surface area contributed by atoms with Crippen molar-refractivity contribution in [3.8, 4) is 0 Å². The first-order valence-electron chi connectivity index (χ1n) is 5.10. The van der Waals surface area contributed by atoms with E-state index in [4.69, 9.17) is 0 Å². The minimum Gasteiger partial charge on any atom is -0.260 e. The van der Waals surface area contributed by atoms with E-state index in [0.717, 1.165) is 23.3 Å². The van der Waals surface area contributed by atoms with Crippen LogP contribution in [0, 0.1) is 0 Å². The molecule has 14 heavy (non-hydrogen) atoms. The van der Waals surface area contributed by atoms with Gasteiger partial charge in [0.15, 0.2) is 0 Å². The number of rotatable bonds is 2. The van der Waals surface area contributed by atoms with Gasteiger partial charge in [0, 0.05) is 17.3 Å². The molecule has 1 heteroatoms. The average molecular weight is 189 g/mol. The highest BCUT2D eigenvalue weighted by molar-refractivity contribution is 5.62. The van der Waals surface area contributed by atoms with Crippen molar-refractivity contribution in [2.24, 2.45) is 0 Å². The summed E-state index contributed by atoms with van der Waals surface area (Å²) in [5.74, 6) is 0. The van der Waals surface area contributed by atoms with Crippen LogP contribution >= 0.6 is 0 Å². The molecule has 0 saturated carbocycles. The number of hydrogen-bond donors (Lipinski definition) is 0. The van der Waals surface area contributed by atoms with E-state index in [0.29, 0.717) is 0 Å². The first-order chi connectivity index (χ1) is 6.45. The van der Waals surface area contributed by atoms with Gasteiger partial charge in [-0.15, -0.1) is 0 Å². The van der Waals surface area contributed by atoms with Gasteiger partial charge in [0.25, 0.3) is 0 Å². The first kappa shape index (κ1) is 11.0. The molecule has 0 N–H and O–H groups in total. The Morgan fingerprint density at radius 1 is 1.36 bits per heavy atom. The second-order valence-electron chi connectivity index (χ2n) is 4.64. The number of aromatic nitrogens is 1. The lowest BCUT2D eigenvalue weighted by molar-refractivity contribution is 0.569. The number of nitrogens with zero attached hydrogens (tertiary/aromatic N) is 1. The molecular weight excluding hydrogens is 170 g/mol. The Balaban J connectivity index is 2.95. The molecular formula is C13H19N. The van der Waals surface area contributed by atoms with Gasteiger partial charge in [-0.05, 0) is 23.6 Å². The maximum Gasteiger partial charge on any atom is 0.0457 e. The maximum atomic E-state index is 4.46. The summed E-state index contributed by atoms with van der Waals surface area (Å²) in [6, 6.07) is 4.20. The molecule has 1 aromatic rings. The highest BCUT2D eigenvalue weighted by Crippen LogP contribution is 2.22. The first-order valence-corrected chi connectivity index (χ1v) is 5.10. The van der Waals surface area contributed by atoms with Crippen LogP contribution in [0.2, 0.25) is 0 Å². The third-order valence-corrected chi connectivity index (χ3v) is 2.37. The molecule has 0 unspecified atom stereocenters. The monoisotopic (exact) mass is 189 g/mol. The predicted molar refractivity (Wildman–Crippen MR) is 62.3 cm³/mol. The van der Waals surface area contributed by atoms with E-state index in [2.05, 4.69) is 51.4 Å². The van der Waals surface area contributed by atoms with Crippen LogP contribution in [0.1, 0.15) is 45.4 Å². The fraction of sp³-hybridized carbons (Fsp3) is 0.462. The molecule has 0 spiro atoms. The van der Waals surface area contributed by atoms with Crippen molar-refractivity contribution in [3.63, 3.8) is 0 Å². The molecule has 0 saturated heterocycles. The van der Waals surface area contributed by atoms with Crippen molar-refractivity contribution in [3.05, 3.63) is 36.2 Å². The Morgan fingerprint density at radius 2 is 2.00 bits per heavy atom. The maximum absolute atomic E-state index is 4.46. The summed E-state index contributed by atoms with van der Waals surface area (Å²) in [7, 11) is 0.